The fourth-order valence-corrected chi connectivity index (χ4v) is 3.61. The lowest BCUT2D eigenvalue weighted by atomic mass is 9.94. The van der Waals surface area contributed by atoms with E-state index in [1.165, 1.54) is 0 Å². The maximum Gasteiger partial charge on any atom is 0.189 e. The molecule has 0 aromatic heterocycles. The van der Waals surface area contributed by atoms with E-state index in [-0.39, 0.29) is 0 Å². The molecule has 2 aromatic carbocycles. The van der Waals surface area contributed by atoms with Gasteiger partial charge >= 0.3 is 0 Å². The standard InChI is InChI=1S/C20H23NO2Si/c1-22-19-12-10-18(11-13-19)20(16-21,23-24(2,3)4)15-14-17-8-6-5-7-9-17/h5-15H,1-4H3/b15-14+. The van der Waals surface area contributed by atoms with Crippen molar-refractivity contribution < 1.29 is 9.16 Å². The molecule has 4 heteroatoms. The number of hydrogen-bond acceptors (Lipinski definition) is 3. The SMILES string of the molecule is COc1ccc(C(C#N)(/C=C/c2ccccc2)O[Si](C)(C)C)cc1. The lowest BCUT2D eigenvalue weighted by molar-refractivity contribution is 0.173. The quantitative estimate of drug-likeness (QED) is 0.698. The zero-order valence-corrected chi connectivity index (χ0v) is 15.6. The van der Waals surface area contributed by atoms with E-state index in [1.807, 2.05) is 66.7 Å². The highest BCUT2D eigenvalue weighted by Gasteiger charge is 2.36. The summed E-state index contributed by atoms with van der Waals surface area (Å²) in [5.74, 6) is 0.755. The fourth-order valence-electron chi connectivity index (χ4n) is 2.41. The van der Waals surface area contributed by atoms with E-state index in [0.717, 1.165) is 16.9 Å². The van der Waals surface area contributed by atoms with E-state index in [4.69, 9.17) is 9.16 Å². The third kappa shape index (κ3) is 4.57. The van der Waals surface area contributed by atoms with Gasteiger partial charge in [-0.3, -0.25) is 0 Å². The molecule has 0 amide bonds. The highest BCUT2D eigenvalue weighted by Crippen LogP contribution is 2.32. The Labute approximate surface area is 145 Å². The molecule has 0 aliphatic heterocycles. The second-order valence-electron chi connectivity index (χ2n) is 6.53. The van der Waals surface area contributed by atoms with Crippen LogP contribution in [0.5, 0.6) is 5.75 Å². The van der Waals surface area contributed by atoms with Gasteiger partial charge in [0.15, 0.2) is 13.9 Å². The molecule has 1 unspecified atom stereocenters. The molecule has 3 nitrogen and oxygen atoms in total. The number of methoxy groups -OCH3 is 1. The van der Waals surface area contributed by atoms with Crippen LogP contribution in [-0.4, -0.2) is 15.4 Å². The third-order valence-electron chi connectivity index (χ3n) is 3.46. The summed E-state index contributed by atoms with van der Waals surface area (Å²) in [6, 6.07) is 19.8. The Bertz CT molecular complexity index is 727. The summed E-state index contributed by atoms with van der Waals surface area (Å²) in [6.45, 7) is 6.25. The molecule has 0 saturated carbocycles. The number of nitriles is 1. The first-order valence-corrected chi connectivity index (χ1v) is 11.3. The summed E-state index contributed by atoms with van der Waals surface area (Å²) >= 11 is 0. The molecule has 0 fully saturated rings. The zero-order valence-electron chi connectivity index (χ0n) is 14.6. The van der Waals surface area contributed by atoms with Crippen LogP contribution in [0.2, 0.25) is 19.6 Å². The van der Waals surface area contributed by atoms with Crippen LogP contribution in [0.1, 0.15) is 11.1 Å². The summed E-state index contributed by atoms with van der Waals surface area (Å²) < 4.78 is 11.5. The Hall–Kier alpha value is -2.35. The van der Waals surface area contributed by atoms with Crippen LogP contribution < -0.4 is 4.74 Å². The molecule has 0 aliphatic rings. The van der Waals surface area contributed by atoms with E-state index >= 15 is 0 Å². The third-order valence-corrected chi connectivity index (χ3v) is 4.40. The van der Waals surface area contributed by atoms with Crippen molar-refractivity contribution in [2.45, 2.75) is 25.2 Å². The minimum Gasteiger partial charge on any atom is -0.497 e. The minimum absolute atomic E-state index is 0.755. The largest absolute Gasteiger partial charge is 0.497 e. The van der Waals surface area contributed by atoms with Gasteiger partial charge in [-0.05, 0) is 43.4 Å². The van der Waals surface area contributed by atoms with E-state index in [9.17, 15) is 5.26 Å². The van der Waals surface area contributed by atoms with Crippen LogP contribution in [0.4, 0.5) is 0 Å². The van der Waals surface area contributed by atoms with E-state index in [1.54, 1.807) is 7.11 Å². The van der Waals surface area contributed by atoms with Crippen LogP contribution in [0.3, 0.4) is 0 Å². The molecule has 0 aliphatic carbocycles. The summed E-state index contributed by atoms with van der Waals surface area (Å²) in [6.07, 6.45) is 3.79. The van der Waals surface area contributed by atoms with Crippen molar-refractivity contribution in [3.63, 3.8) is 0 Å². The van der Waals surface area contributed by atoms with Crippen LogP contribution in [0.15, 0.2) is 60.7 Å². The minimum atomic E-state index is -1.96. The lowest BCUT2D eigenvalue weighted by Crippen LogP contribution is -2.38. The van der Waals surface area contributed by atoms with Crippen molar-refractivity contribution in [1.29, 1.82) is 5.26 Å². The summed E-state index contributed by atoms with van der Waals surface area (Å²) in [5, 5.41) is 9.96. The zero-order chi connectivity index (χ0) is 17.6. The predicted octanol–water partition coefficient (Wildman–Crippen LogP) is 4.98. The van der Waals surface area contributed by atoms with Gasteiger partial charge in [-0.1, -0.05) is 48.5 Å². The molecule has 0 saturated heterocycles. The Morgan fingerprint density at radius 3 is 2.12 bits per heavy atom. The Balaban J connectivity index is 2.47. The Morgan fingerprint density at radius 1 is 1.00 bits per heavy atom. The van der Waals surface area contributed by atoms with Gasteiger partial charge in [0.05, 0.1) is 7.11 Å². The Kier molecular flexibility index (Phi) is 5.61. The summed E-state index contributed by atoms with van der Waals surface area (Å²) in [7, 11) is -0.336. The first kappa shape index (κ1) is 18.0. The summed E-state index contributed by atoms with van der Waals surface area (Å²) in [5.41, 5.74) is 0.734. The maximum atomic E-state index is 9.96. The summed E-state index contributed by atoms with van der Waals surface area (Å²) in [4.78, 5) is 0. The smallest absolute Gasteiger partial charge is 0.189 e. The van der Waals surface area contributed by atoms with E-state index in [2.05, 4.69) is 25.7 Å². The molecule has 0 N–H and O–H groups in total. The maximum absolute atomic E-state index is 9.96. The van der Waals surface area contributed by atoms with E-state index < -0.39 is 13.9 Å². The predicted molar refractivity (Wildman–Crippen MR) is 100 cm³/mol. The molecular formula is C20H23NO2Si. The van der Waals surface area contributed by atoms with Crippen LogP contribution in [0, 0.1) is 11.3 Å². The topological polar surface area (TPSA) is 42.2 Å². The van der Waals surface area contributed by atoms with Gasteiger partial charge in [-0.25, -0.2) is 0 Å². The van der Waals surface area contributed by atoms with Gasteiger partial charge in [0.1, 0.15) is 11.8 Å². The van der Waals surface area contributed by atoms with Crippen molar-refractivity contribution >= 4 is 14.4 Å². The monoisotopic (exact) mass is 337 g/mol. The van der Waals surface area contributed by atoms with Crippen molar-refractivity contribution in [3.05, 3.63) is 71.8 Å². The van der Waals surface area contributed by atoms with Gasteiger partial charge in [-0.15, -0.1) is 0 Å². The number of ether oxygens (including phenoxy) is 1. The first-order valence-electron chi connectivity index (χ1n) is 7.89. The van der Waals surface area contributed by atoms with Crippen molar-refractivity contribution in [3.8, 4) is 11.8 Å². The lowest BCUT2D eigenvalue weighted by Gasteiger charge is -2.31. The second kappa shape index (κ2) is 7.48. The highest BCUT2D eigenvalue weighted by molar-refractivity contribution is 6.69. The van der Waals surface area contributed by atoms with Crippen LogP contribution in [0.25, 0.3) is 6.08 Å². The first-order chi connectivity index (χ1) is 11.4. The second-order valence-corrected chi connectivity index (χ2v) is 11.0. The molecule has 0 heterocycles. The highest BCUT2D eigenvalue weighted by atomic mass is 28.4. The van der Waals surface area contributed by atoms with Crippen molar-refractivity contribution in [1.82, 2.24) is 0 Å². The number of rotatable bonds is 6. The van der Waals surface area contributed by atoms with Gasteiger partial charge in [0, 0.05) is 5.56 Å². The molecule has 2 rings (SSSR count). The average Bonchev–Trinajstić information content (AvgIpc) is 2.59. The van der Waals surface area contributed by atoms with Crippen LogP contribution >= 0.6 is 0 Å². The average molecular weight is 337 g/mol. The normalized spacial score (nSPS) is 14.1. The molecule has 0 radical (unpaired) electrons. The molecule has 24 heavy (non-hydrogen) atoms. The molecule has 2 aromatic rings. The van der Waals surface area contributed by atoms with Gasteiger partial charge in [0.25, 0.3) is 0 Å². The van der Waals surface area contributed by atoms with Crippen LogP contribution in [-0.2, 0) is 10.0 Å². The number of hydrogen-bond donors (Lipinski definition) is 0. The van der Waals surface area contributed by atoms with Gasteiger partial charge in [-0.2, -0.15) is 5.26 Å². The van der Waals surface area contributed by atoms with Gasteiger partial charge in [0.2, 0.25) is 0 Å². The molecule has 1 atom stereocenters. The fraction of sp³-hybridized carbons (Fsp3) is 0.250. The molecular weight excluding hydrogens is 314 g/mol. The van der Waals surface area contributed by atoms with Crippen molar-refractivity contribution in [2.24, 2.45) is 0 Å². The molecule has 0 spiro atoms. The van der Waals surface area contributed by atoms with Gasteiger partial charge < -0.3 is 9.16 Å². The molecule has 124 valence electrons. The van der Waals surface area contributed by atoms with E-state index in [0.29, 0.717) is 0 Å². The van der Waals surface area contributed by atoms with Crippen molar-refractivity contribution in [2.75, 3.05) is 7.11 Å². The Morgan fingerprint density at radius 2 is 1.62 bits per heavy atom. The molecule has 0 bridgehead atoms. The number of nitrogens with zero attached hydrogens (tertiary/aromatic N) is 1. The number of benzene rings is 2.